The molecule has 1 aliphatic carbocycles. The quantitative estimate of drug-likeness (QED) is 0.508. The molecular weight excluding hydrogens is 216 g/mol. The molecule has 0 heteroatoms. The van der Waals surface area contributed by atoms with E-state index in [0.717, 1.165) is 0 Å². The van der Waals surface area contributed by atoms with Crippen molar-refractivity contribution in [3.63, 3.8) is 0 Å². The summed E-state index contributed by atoms with van der Waals surface area (Å²) in [5, 5.41) is 0. The molecule has 0 unspecified atom stereocenters. The molecule has 18 heavy (non-hydrogen) atoms. The van der Waals surface area contributed by atoms with Crippen molar-refractivity contribution in [2.45, 2.75) is 64.7 Å². The summed E-state index contributed by atoms with van der Waals surface area (Å²) in [6.07, 6.45) is 14.8. The number of hydrogen-bond acceptors (Lipinski definition) is 0. The van der Waals surface area contributed by atoms with Gasteiger partial charge in [-0.2, -0.15) is 0 Å². The van der Waals surface area contributed by atoms with E-state index in [-0.39, 0.29) is 0 Å². The third-order valence-corrected chi connectivity index (χ3v) is 3.93. The zero-order chi connectivity index (χ0) is 12.6. The molecule has 0 fully saturated rings. The summed E-state index contributed by atoms with van der Waals surface area (Å²) in [5.41, 5.74) is 4.62. The molecule has 0 spiro atoms. The van der Waals surface area contributed by atoms with Crippen LogP contribution in [0.3, 0.4) is 0 Å². The first-order valence-corrected chi connectivity index (χ1v) is 7.67. The van der Waals surface area contributed by atoms with E-state index in [1.807, 2.05) is 0 Å². The molecule has 1 aromatic carbocycles. The molecular formula is C18H26. The Hall–Kier alpha value is -1.04. The van der Waals surface area contributed by atoms with Crippen molar-refractivity contribution < 1.29 is 0 Å². The Bertz CT molecular complexity index is 387. The Balaban J connectivity index is 1.59. The maximum Gasteiger partial charge on any atom is -0.00578 e. The van der Waals surface area contributed by atoms with Gasteiger partial charge in [-0.15, -0.1) is 0 Å². The van der Waals surface area contributed by atoms with Gasteiger partial charge >= 0.3 is 0 Å². The molecule has 0 aliphatic heterocycles. The van der Waals surface area contributed by atoms with E-state index in [9.17, 15) is 0 Å². The Morgan fingerprint density at radius 3 is 2.39 bits per heavy atom. The standard InChI is InChI=1S/C18H26/c1-2-3-4-5-6-7-8-11-16-14-17-12-9-10-13-18(17)15-16/h9-10,12-14H,2-8,11,15H2,1H3. The lowest BCUT2D eigenvalue weighted by atomic mass is 10.0. The van der Waals surface area contributed by atoms with Crippen molar-refractivity contribution in [3.8, 4) is 0 Å². The van der Waals surface area contributed by atoms with E-state index >= 15 is 0 Å². The smallest absolute Gasteiger partial charge is 0.00578 e. The van der Waals surface area contributed by atoms with Gasteiger partial charge in [0.15, 0.2) is 0 Å². The normalized spacial score (nSPS) is 13.5. The first kappa shape index (κ1) is 13.4. The third-order valence-electron chi connectivity index (χ3n) is 3.93. The SMILES string of the molecule is CCCCCCCCCC1=Cc2ccccc2C1. The van der Waals surface area contributed by atoms with Crippen LogP contribution in [0.1, 0.15) is 69.4 Å². The maximum absolute atomic E-state index is 2.41. The zero-order valence-corrected chi connectivity index (χ0v) is 11.8. The summed E-state index contributed by atoms with van der Waals surface area (Å²) < 4.78 is 0. The van der Waals surface area contributed by atoms with Crippen LogP contribution in [-0.4, -0.2) is 0 Å². The van der Waals surface area contributed by atoms with Crippen molar-refractivity contribution in [1.29, 1.82) is 0 Å². The molecule has 1 aliphatic rings. The summed E-state index contributed by atoms with van der Waals surface area (Å²) in [4.78, 5) is 0. The number of hydrogen-bond donors (Lipinski definition) is 0. The molecule has 0 bridgehead atoms. The Kier molecular flexibility index (Phi) is 5.51. The molecule has 0 heterocycles. The van der Waals surface area contributed by atoms with Gasteiger partial charge in [-0.25, -0.2) is 0 Å². The fourth-order valence-corrected chi connectivity index (χ4v) is 2.82. The fraction of sp³-hybridized carbons (Fsp3) is 0.556. The predicted molar refractivity (Wildman–Crippen MR) is 80.7 cm³/mol. The highest BCUT2D eigenvalue weighted by Crippen LogP contribution is 2.27. The predicted octanol–water partition coefficient (Wildman–Crippen LogP) is 5.77. The largest absolute Gasteiger partial charge is 0.0654 e. The molecule has 98 valence electrons. The monoisotopic (exact) mass is 242 g/mol. The van der Waals surface area contributed by atoms with Crippen LogP contribution in [0.2, 0.25) is 0 Å². The number of fused-ring (bicyclic) bond motifs is 1. The van der Waals surface area contributed by atoms with Crippen LogP contribution >= 0.6 is 0 Å². The lowest BCUT2D eigenvalue weighted by Gasteiger charge is -2.02. The molecule has 0 N–H and O–H groups in total. The number of rotatable bonds is 8. The van der Waals surface area contributed by atoms with Crippen molar-refractivity contribution in [2.24, 2.45) is 0 Å². The lowest BCUT2D eigenvalue weighted by molar-refractivity contribution is 0.588. The van der Waals surface area contributed by atoms with Crippen LogP contribution in [-0.2, 0) is 6.42 Å². The molecule has 0 amide bonds. The summed E-state index contributed by atoms with van der Waals surface area (Å²) in [7, 11) is 0. The van der Waals surface area contributed by atoms with Crippen LogP contribution in [0.5, 0.6) is 0 Å². The van der Waals surface area contributed by atoms with Gasteiger partial charge < -0.3 is 0 Å². The first-order valence-electron chi connectivity index (χ1n) is 7.67. The maximum atomic E-state index is 2.41. The van der Waals surface area contributed by atoms with E-state index in [2.05, 4.69) is 37.3 Å². The molecule has 0 aromatic heterocycles. The van der Waals surface area contributed by atoms with Crippen LogP contribution in [0, 0.1) is 0 Å². The number of allylic oxidation sites excluding steroid dienone is 1. The van der Waals surface area contributed by atoms with E-state index in [4.69, 9.17) is 0 Å². The average molecular weight is 242 g/mol. The summed E-state index contributed by atoms with van der Waals surface area (Å²) in [5.74, 6) is 0. The summed E-state index contributed by atoms with van der Waals surface area (Å²) in [6, 6.07) is 8.81. The molecule has 0 saturated heterocycles. The second-order valence-corrected chi connectivity index (χ2v) is 5.55. The van der Waals surface area contributed by atoms with Gasteiger partial charge in [-0.3, -0.25) is 0 Å². The minimum absolute atomic E-state index is 1.20. The van der Waals surface area contributed by atoms with Crippen molar-refractivity contribution in [1.82, 2.24) is 0 Å². The van der Waals surface area contributed by atoms with Gasteiger partial charge in [0.05, 0.1) is 0 Å². The van der Waals surface area contributed by atoms with Gasteiger partial charge in [0, 0.05) is 0 Å². The van der Waals surface area contributed by atoms with Crippen LogP contribution in [0.25, 0.3) is 6.08 Å². The summed E-state index contributed by atoms with van der Waals surface area (Å²) in [6.45, 7) is 2.28. The second-order valence-electron chi connectivity index (χ2n) is 5.55. The van der Waals surface area contributed by atoms with Crippen molar-refractivity contribution in [2.75, 3.05) is 0 Å². The van der Waals surface area contributed by atoms with Crippen molar-refractivity contribution >= 4 is 6.08 Å². The molecule has 0 saturated carbocycles. The van der Waals surface area contributed by atoms with E-state index in [0.29, 0.717) is 0 Å². The summed E-state index contributed by atoms with van der Waals surface area (Å²) >= 11 is 0. The van der Waals surface area contributed by atoms with Gasteiger partial charge in [0.2, 0.25) is 0 Å². The average Bonchev–Trinajstić information content (AvgIpc) is 2.80. The molecule has 0 radical (unpaired) electrons. The number of unbranched alkanes of at least 4 members (excludes halogenated alkanes) is 6. The number of benzene rings is 1. The highest BCUT2D eigenvalue weighted by molar-refractivity contribution is 5.63. The van der Waals surface area contributed by atoms with Gasteiger partial charge in [-0.05, 0) is 30.4 Å². The first-order chi connectivity index (χ1) is 8.90. The molecule has 0 atom stereocenters. The van der Waals surface area contributed by atoms with Crippen LogP contribution in [0.15, 0.2) is 29.8 Å². The molecule has 0 nitrogen and oxygen atoms in total. The van der Waals surface area contributed by atoms with Crippen LogP contribution in [0.4, 0.5) is 0 Å². The van der Waals surface area contributed by atoms with Crippen molar-refractivity contribution in [3.05, 3.63) is 41.0 Å². The van der Waals surface area contributed by atoms with E-state index in [1.54, 1.807) is 5.57 Å². The lowest BCUT2D eigenvalue weighted by Crippen LogP contribution is -1.86. The van der Waals surface area contributed by atoms with Gasteiger partial charge in [0.25, 0.3) is 0 Å². The van der Waals surface area contributed by atoms with Gasteiger partial charge in [-0.1, -0.05) is 81.4 Å². The highest BCUT2D eigenvalue weighted by atomic mass is 14.2. The molecule has 2 rings (SSSR count). The molecule has 1 aromatic rings. The van der Waals surface area contributed by atoms with E-state index in [1.165, 1.54) is 68.9 Å². The Labute approximate surface area is 112 Å². The fourth-order valence-electron chi connectivity index (χ4n) is 2.82. The zero-order valence-electron chi connectivity index (χ0n) is 11.8. The Morgan fingerprint density at radius 2 is 1.61 bits per heavy atom. The van der Waals surface area contributed by atoms with E-state index < -0.39 is 0 Å². The second kappa shape index (κ2) is 7.41. The minimum Gasteiger partial charge on any atom is -0.0654 e. The highest BCUT2D eigenvalue weighted by Gasteiger charge is 2.10. The van der Waals surface area contributed by atoms with Crippen LogP contribution < -0.4 is 0 Å². The minimum atomic E-state index is 1.20. The Morgan fingerprint density at radius 1 is 0.889 bits per heavy atom. The third kappa shape index (κ3) is 4.01. The topological polar surface area (TPSA) is 0 Å². The van der Waals surface area contributed by atoms with Gasteiger partial charge in [0.1, 0.15) is 0 Å².